The van der Waals surface area contributed by atoms with Gasteiger partial charge in [0.05, 0.1) is 6.54 Å². The van der Waals surface area contributed by atoms with Crippen LogP contribution in [0.1, 0.15) is 80.5 Å². The molecule has 3 aliphatic heterocycles. The van der Waals surface area contributed by atoms with E-state index in [1.165, 1.54) is 58.0 Å². The molecule has 3 aliphatic rings. The molecule has 0 spiro atoms. The van der Waals surface area contributed by atoms with Gasteiger partial charge < -0.3 is 14.2 Å². The van der Waals surface area contributed by atoms with Crippen LogP contribution >= 0.6 is 0 Å². The molecule has 0 aliphatic carbocycles. The van der Waals surface area contributed by atoms with Crippen LogP contribution in [0.25, 0.3) is 0 Å². The highest BCUT2D eigenvalue weighted by Crippen LogP contribution is 2.24. The number of rotatable bonds is 6. The van der Waals surface area contributed by atoms with Crippen molar-refractivity contribution in [3.8, 4) is 0 Å². The van der Waals surface area contributed by atoms with E-state index in [1.807, 2.05) is 12.1 Å². The van der Waals surface area contributed by atoms with E-state index in [0.717, 1.165) is 57.7 Å². The van der Waals surface area contributed by atoms with Gasteiger partial charge >= 0.3 is 0 Å². The van der Waals surface area contributed by atoms with Crippen molar-refractivity contribution in [3.05, 3.63) is 23.7 Å². The Balaban J connectivity index is 1.33. The van der Waals surface area contributed by atoms with Crippen molar-refractivity contribution in [1.82, 2.24) is 14.7 Å². The number of nitrogens with zero attached hydrogens (tertiary/aromatic N) is 3. The number of piperidine rings is 3. The molecule has 0 saturated carbocycles. The van der Waals surface area contributed by atoms with Gasteiger partial charge in [-0.05, 0) is 89.7 Å². The summed E-state index contributed by atoms with van der Waals surface area (Å²) in [4.78, 5) is 20.3. The van der Waals surface area contributed by atoms with Gasteiger partial charge in [0.15, 0.2) is 5.76 Å². The van der Waals surface area contributed by atoms with E-state index in [0.29, 0.717) is 11.8 Å². The van der Waals surface area contributed by atoms with Gasteiger partial charge in [0.1, 0.15) is 5.76 Å². The Morgan fingerprint density at radius 3 is 2.29 bits per heavy atom. The van der Waals surface area contributed by atoms with Crippen molar-refractivity contribution in [2.24, 2.45) is 0 Å². The highest BCUT2D eigenvalue weighted by Gasteiger charge is 2.29. The van der Waals surface area contributed by atoms with Crippen molar-refractivity contribution in [3.63, 3.8) is 0 Å². The Morgan fingerprint density at radius 1 is 0.857 bits per heavy atom. The number of hydrogen-bond acceptors (Lipinski definition) is 4. The zero-order valence-corrected chi connectivity index (χ0v) is 17.4. The topological polar surface area (TPSA) is 39.9 Å². The summed E-state index contributed by atoms with van der Waals surface area (Å²) in [6.45, 7) is 7.62. The van der Waals surface area contributed by atoms with Gasteiger partial charge in [0.2, 0.25) is 0 Å². The third kappa shape index (κ3) is 5.18. The number of likely N-dealkylation sites (tertiary alicyclic amines) is 3. The Labute approximate surface area is 170 Å². The zero-order valence-electron chi connectivity index (χ0n) is 17.4. The van der Waals surface area contributed by atoms with Crippen LogP contribution in [0.15, 0.2) is 16.5 Å². The molecular formula is C23H37N3O2. The van der Waals surface area contributed by atoms with Crippen molar-refractivity contribution >= 4 is 5.91 Å². The van der Waals surface area contributed by atoms with Crippen LogP contribution in [-0.2, 0) is 6.54 Å². The summed E-state index contributed by atoms with van der Waals surface area (Å²) in [6, 6.07) is 4.28. The van der Waals surface area contributed by atoms with E-state index < -0.39 is 0 Å². The molecule has 0 bridgehead atoms. The minimum absolute atomic E-state index is 0.105. The maximum absolute atomic E-state index is 13.2. The molecule has 5 heteroatoms. The highest BCUT2D eigenvalue weighted by molar-refractivity contribution is 5.91. The van der Waals surface area contributed by atoms with Crippen LogP contribution in [-0.4, -0.2) is 65.9 Å². The molecule has 1 aromatic heterocycles. The maximum Gasteiger partial charge on any atom is 0.289 e. The molecule has 0 radical (unpaired) electrons. The van der Waals surface area contributed by atoms with E-state index in [1.54, 1.807) is 0 Å². The lowest BCUT2D eigenvalue weighted by atomic mass is 9.98. The fourth-order valence-corrected chi connectivity index (χ4v) is 5.14. The Morgan fingerprint density at radius 2 is 1.54 bits per heavy atom. The average Bonchev–Trinajstić information content (AvgIpc) is 3.22. The van der Waals surface area contributed by atoms with Crippen LogP contribution in [0.3, 0.4) is 0 Å². The molecule has 3 saturated heterocycles. The van der Waals surface area contributed by atoms with Crippen LogP contribution in [0, 0.1) is 0 Å². The summed E-state index contributed by atoms with van der Waals surface area (Å²) in [7, 11) is 0. The Hall–Kier alpha value is -1.33. The molecular weight excluding hydrogens is 350 g/mol. The molecule has 0 aromatic carbocycles. The van der Waals surface area contributed by atoms with Crippen LogP contribution in [0.5, 0.6) is 0 Å². The number of furan rings is 1. The van der Waals surface area contributed by atoms with Gasteiger partial charge in [-0.15, -0.1) is 0 Å². The summed E-state index contributed by atoms with van der Waals surface area (Å²) in [5, 5.41) is 0. The first-order chi connectivity index (χ1) is 13.8. The first-order valence-corrected chi connectivity index (χ1v) is 11.6. The van der Waals surface area contributed by atoms with E-state index in [4.69, 9.17) is 4.42 Å². The summed E-state index contributed by atoms with van der Waals surface area (Å²) in [5.74, 6) is 1.58. The van der Waals surface area contributed by atoms with Crippen molar-refractivity contribution in [2.45, 2.75) is 76.8 Å². The fraction of sp³-hybridized carbons (Fsp3) is 0.783. The third-order valence-corrected chi connectivity index (χ3v) is 6.82. The van der Waals surface area contributed by atoms with Gasteiger partial charge in [0.25, 0.3) is 5.91 Å². The first kappa shape index (κ1) is 20.0. The minimum Gasteiger partial charge on any atom is -0.455 e. The second kappa shape index (κ2) is 9.93. The predicted octanol–water partition coefficient (Wildman–Crippen LogP) is 4.14. The molecule has 1 amide bonds. The normalized spacial score (nSPS) is 25.1. The highest BCUT2D eigenvalue weighted by atomic mass is 16.4. The minimum atomic E-state index is 0.105. The van der Waals surface area contributed by atoms with Crippen molar-refractivity contribution in [2.75, 3.05) is 39.3 Å². The number of hydrogen-bond donors (Lipinski definition) is 0. The molecule has 28 heavy (non-hydrogen) atoms. The predicted molar refractivity (Wildman–Crippen MR) is 111 cm³/mol. The largest absolute Gasteiger partial charge is 0.455 e. The molecule has 156 valence electrons. The molecule has 0 N–H and O–H groups in total. The quantitative estimate of drug-likeness (QED) is 0.736. The van der Waals surface area contributed by atoms with E-state index in [9.17, 15) is 4.79 Å². The summed E-state index contributed by atoms with van der Waals surface area (Å²) >= 11 is 0. The lowest BCUT2D eigenvalue weighted by Gasteiger charge is -2.37. The summed E-state index contributed by atoms with van der Waals surface area (Å²) in [5.41, 5.74) is 0. The van der Waals surface area contributed by atoms with Gasteiger partial charge in [-0.1, -0.05) is 12.8 Å². The lowest BCUT2D eigenvalue weighted by Crippen LogP contribution is -2.45. The molecule has 1 atom stereocenters. The number of carbonyl (C=O) groups is 1. The molecule has 3 fully saturated rings. The second-order valence-electron chi connectivity index (χ2n) is 8.94. The molecule has 4 rings (SSSR count). The van der Waals surface area contributed by atoms with Crippen LogP contribution < -0.4 is 0 Å². The van der Waals surface area contributed by atoms with Gasteiger partial charge in [0, 0.05) is 19.1 Å². The number of amides is 1. The first-order valence-electron chi connectivity index (χ1n) is 11.6. The third-order valence-electron chi connectivity index (χ3n) is 6.82. The Bertz CT molecular complexity index is 617. The average molecular weight is 388 g/mol. The molecule has 4 heterocycles. The fourth-order valence-electron chi connectivity index (χ4n) is 5.14. The Kier molecular flexibility index (Phi) is 7.08. The monoisotopic (exact) mass is 387 g/mol. The van der Waals surface area contributed by atoms with Crippen LogP contribution in [0.4, 0.5) is 0 Å². The smallest absolute Gasteiger partial charge is 0.289 e. The van der Waals surface area contributed by atoms with E-state index in [2.05, 4.69) is 14.7 Å². The SMILES string of the molecule is O=C(c1ccc(CN2CCCCC2)o1)N1CCCCC1CCN1CCCCC1. The maximum atomic E-state index is 13.2. The lowest BCUT2D eigenvalue weighted by molar-refractivity contribution is 0.0544. The standard InChI is InChI=1S/C23H37N3O2/c27-23(22-11-10-21(28-22)19-25-15-6-2-7-16-25)26-17-8-3-9-20(26)12-18-24-13-4-1-5-14-24/h10-11,20H,1-9,12-19H2. The van der Waals surface area contributed by atoms with Crippen LogP contribution in [0.2, 0.25) is 0 Å². The summed E-state index contributed by atoms with van der Waals surface area (Å²) < 4.78 is 6.00. The van der Waals surface area contributed by atoms with Crippen molar-refractivity contribution in [1.29, 1.82) is 0 Å². The summed E-state index contributed by atoms with van der Waals surface area (Å²) in [6.07, 6.45) is 12.5. The van der Waals surface area contributed by atoms with E-state index in [-0.39, 0.29) is 5.91 Å². The number of carbonyl (C=O) groups excluding carboxylic acids is 1. The van der Waals surface area contributed by atoms with Crippen molar-refractivity contribution < 1.29 is 9.21 Å². The second-order valence-corrected chi connectivity index (χ2v) is 8.94. The molecule has 1 unspecified atom stereocenters. The van der Waals surface area contributed by atoms with Gasteiger partial charge in [-0.25, -0.2) is 0 Å². The zero-order chi connectivity index (χ0) is 19.2. The van der Waals surface area contributed by atoms with E-state index >= 15 is 0 Å². The van der Waals surface area contributed by atoms with Gasteiger partial charge in [-0.3, -0.25) is 9.69 Å². The molecule has 5 nitrogen and oxygen atoms in total. The van der Waals surface area contributed by atoms with Gasteiger partial charge in [-0.2, -0.15) is 0 Å². The molecule has 1 aromatic rings.